The van der Waals surface area contributed by atoms with Gasteiger partial charge in [0.25, 0.3) is 6.43 Å². The van der Waals surface area contributed by atoms with Gasteiger partial charge in [0, 0.05) is 12.3 Å². The van der Waals surface area contributed by atoms with E-state index in [-0.39, 0.29) is 29.2 Å². The smallest absolute Gasteiger partial charge is 0.417 e. The van der Waals surface area contributed by atoms with Crippen molar-refractivity contribution in [3.63, 3.8) is 0 Å². The van der Waals surface area contributed by atoms with Crippen LogP contribution in [0.3, 0.4) is 0 Å². The summed E-state index contributed by atoms with van der Waals surface area (Å²) in [5.74, 6) is 0.126. The lowest BCUT2D eigenvalue weighted by atomic mass is 10.3. The number of hydrogen-bond acceptors (Lipinski definition) is 5. The van der Waals surface area contributed by atoms with Gasteiger partial charge in [0.05, 0.1) is 11.6 Å². The van der Waals surface area contributed by atoms with E-state index in [1.807, 2.05) is 0 Å². The Labute approximate surface area is 150 Å². The highest BCUT2D eigenvalue weighted by Crippen LogP contribution is 2.31. The summed E-state index contributed by atoms with van der Waals surface area (Å²) in [6.45, 7) is 3.09. The largest absolute Gasteiger partial charge is 0.475 e. The number of nitrogens with one attached hydrogen (secondary N) is 1. The number of hydrogen-bond donors (Lipinski definition) is 1. The molecule has 0 amide bonds. The Hall–Kier alpha value is -2.23. The first-order valence-electron chi connectivity index (χ1n) is 7.32. The molecule has 0 fully saturated rings. The Bertz CT molecular complexity index is 755. The normalized spacial score (nSPS) is 13.0. The lowest BCUT2D eigenvalue weighted by Crippen LogP contribution is -2.25. The van der Waals surface area contributed by atoms with Crippen molar-refractivity contribution in [1.29, 1.82) is 0 Å². The molecule has 0 radical (unpaired) electrons. The van der Waals surface area contributed by atoms with Crippen LogP contribution in [0.15, 0.2) is 18.3 Å². The van der Waals surface area contributed by atoms with Crippen LogP contribution in [0.1, 0.15) is 30.4 Å². The van der Waals surface area contributed by atoms with E-state index in [4.69, 9.17) is 16.3 Å². The summed E-state index contributed by atoms with van der Waals surface area (Å²) in [4.78, 5) is 11.1. The van der Waals surface area contributed by atoms with Crippen LogP contribution in [-0.2, 0) is 6.18 Å². The molecule has 0 unspecified atom stereocenters. The predicted molar refractivity (Wildman–Crippen MR) is 84.6 cm³/mol. The van der Waals surface area contributed by atoms with Crippen LogP contribution in [0.25, 0.3) is 0 Å². The van der Waals surface area contributed by atoms with Crippen LogP contribution >= 0.6 is 11.6 Å². The van der Waals surface area contributed by atoms with E-state index in [9.17, 15) is 22.0 Å². The Morgan fingerprint density at radius 3 is 2.46 bits per heavy atom. The van der Waals surface area contributed by atoms with Gasteiger partial charge in [-0.25, -0.2) is 23.7 Å². The molecule has 5 nitrogen and oxygen atoms in total. The molecule has 2 rings (SSSR count). The SMILES string of the molecule is Cc1nc(N[C@H](C)COc2ccc(C(F)(F)F)cn2)c(Cl)c(C(F)F)n1. The van der Waals surface area contributed by atoms with Gasteiger partial charge in [0.1, 0.15) is 29.0 Å². The average molecular weight is 397 g/mol. The predicted octanol–water partition coefficient (Wildman–Crippen LogP) is 4.67. The third-order valence-corrected chi connectivity index (χ3v) is 3.50. The number of nitrogens with zero attached hydrogens (tertiary/aromatic N) is 3. The molecule has 2 aromatic heterocycles. The zero-order chi connectivity index (χ0) is 19.5. The number of anilines is 1. The fraction of sp³-hybridized carbons (Fsp3) is 0.400. The van der Waals surface area contributed by atoms with Crippen molar-refractivity contribution in [2.45, 2.75) is 32.5 Å². The molecule has 2 heterocycles. The molecule has 0 saturated carbocycles. The summed E-state index contributed by atoms with van der Waals surface area (Å²) < 4.78 is 68.5. The third kappa shape index (κ3) is 5.13. The fourth-order valence-electron chi connectivity index (χ4n) is 1.94. The van der Waals surface area contributed by atoms with Crippen molar-refractivity contribution in [1.82, 2.24) is 15.0 Å². The van der Waals surface area contributed by atoms with Gasteiger partial charge in [0.15, 0.2) is 0 Å². The topological polar surface area (TPSA) is 59.9 Å². The second-order valence-electron chi connectivity index (χ2n) is 5.36. The first-order chi connectivity index (χ1) is 12.1. The van der Waals surface area contributed by atoms with Crippen molar-refractivity contribution in [3.8, 4) is 5.88 Å². The maximum Gasteiger partial charge on any atom is 0.417 e. The highest BCUT2D eigenvalue weighted by molar-refractivity contribution is 6.33. The molecule has 0 saturated heterocycles. The van der Waals surface area contributed by atoms with Gasteiger partial charge < -0.3 is 10.1 Å². The molecule has 0 bridgehead atoms. The molecule has 0 aliphatic heterocycles. The summed E-state index contributed by atoms with van der Waals surface area (Å²) in [7, 11) is 0. The number of aromatic nitrogens is 3. The quantitative estimate of drug-likeness (QED) is 0.719. The first kappa shape index (κ1) is 20.1. The lowest BCUT2D eigenvalue weighted by Gasteiger charge is -2.17. The highest BCUT2D eigenvalue weighted by atomic mass is 35.5. The van der Waals surface area contributed by atoms with Crippen LogP contribution in [0.2, 0.25) is 5.02 Å². The standard InChI is InChI=1S/C15H14ClF5N4O/c1-7(6-26-10-4-3-9(5-22-10)15(19,20)21)23-14-11(16)12(13(17)18)24-8(2)25-14/h3-5,7,13H,6H2,1-2H3,(H,23,24,25)/t7-/m1/s1. The monoisotopic (exact) mass is 396 g/mol. The van der Waals surface area contributed by atoms with Crippen molar-refractivity contribution < 1.29 is 26.7 Å². The number of pyridine rings is 1. The van der Waals surface area contributed by atoms with Gasteiger partial charge in [-0.1, -0.05) is 11.6 Å². The molecule has 0 spiro atoms. The van der Waals surface area contributed by atoms with E-state index in [0.29, 0.717) is 6.20 Å². The van der Waals surface area contributed by atoms with Gasteiger partial charge in [-0.2, -0.15) is 13.2 Å². The Morgan fingerprint density at radius 1 is 1.23 bits per heavy atom. The summed E-state index contributed by atoms with van der Waals surface area (Å²) in [6, 6.07) is 1.49. The molecule has 142 valence electrons. The van der Waals surface area contributed by atoms with Crippen LogP contribution in [0.5, 0.6) is 5.88 Å². The molecule has 26 heavy (non-hydrogen) atoms. The second kappa shape index (κ2) is 7.98. The first-order valence-corrected chi connectivity index (χ1v) is 7.70. The van der Waals surface area contributed by atoms with Crippen molar-refractivity contribution >= 4 is 17.4 Å². The van der Waals surface area contributed by atoms with E-state index in [1.54, 1.807) is 6.92 Å². The van der Waals surface area contributed by atoms with Gasteiger partial charge in [-0.3, -0.25) is 0 Å². The van der Waals surface area contributed by atoms with E-state index in [1.165, 1.54) is 6.92 Å². The number of ether oxygens (including phenoxy) is 1. The fourth-order valence-corrected chi connectivity index (χ4v) is 2.16. The van der Waals surface area contributed by atoms with Gasteiger partial charge in [-0.15, -0.1) is 0 Å². The van der Waals surface area contributed by atoms with Crippen molar-refractivity contribution in [3.05, 3.63) is 40.4 Å². The summed E-state index contributed by atoms with van der Waals surface area (Å²) in [5, 5.41) is 2.50. The molecule has 2 aromatic rings. The summed E-state index contributed by atoms with van der Waals surface area (Å²) in [6.07, 6.45) is -6.68. The number of halogens is 6. The molecule has 1 atom stereocenters. The van der Waals surface area contributed by atoms with Gasteiger partial charge in [0.2, 0.25) is 5.88 Å². The average Bonchev–Trinajstić information content (AvgIpc) is 2.55. The van der Waals surface area contributed by atoms with E-state index in [0.717, 1.165) is 12.1 Å². The molecule has 11 heteroatoms. The Balaban J connectivity index is 2.00. The Morgan fingerprint density at radius 2 is 1.92 bits per heavy atom. The molecule has 1 N–H and O–H groups in total. The summed E-state index contributed by atoms with van der Waals surface area (Å²) >= 11 is 5.87. The summed E-state index contributed by atoms with van der Waals surface area (Å²) in [5.41, 5.74) is -1.47. The number of rotatable bonds is 6. The number of alkyl halides is 5. The van der Waals surface area contributed by atoms with Crippen LogP contribution < -0.4 is 10.1 Å². The van der Waals surface area contributed by atoms with Gasteiger partial charge in [-0.05, 0) is 19.9 Å². The van der Waals surface area contributed by atoms with Crippen LogP contribution in [-0.4, -0.2) is 27.6 Å². The molecule has 0 aliphatic rings. The second-order valence-corrected chi connectivity index (χ2v) is 5.74. The minimum Gasteiger partial charge on any atom is -0.475 e. The van der Waals surface area contributed by atoms with Crippen LogP contribution in [0.4, 0.5) is 27.8 Å². The maximum absolute atomic E-state index is 12.9. The minimum atomic E-state index is -4.48. The molecular formula is C15H14ClF5N4O. The third-order valence-electron chi connectivity index (χ3n) is 3.12. The van der Waals surface area contributed by atoms with Gasteiger partial charge >= 0.3 is 6.18 Å². The number of aryl methyl sites for hydroxylation is 1. The van der Waals surface area contributed by atoms with E-state index in [2.05, 4.69) is 20.3 Å². The highest BCUT2D eigenvalue weighted by Gasteiger charge is 2.30. The minimum absolute atomic E-state index is 0.00937. The maximum atomic E-state index is 12.9. The van der Waals surface area contributed by atoms with E-state index >= 15 is 0 Å². The Kier molecular flexibility index (Phi) is 6.17. The zero-order valence-electron chi connectivity index (χ0n) is 13.6. The molecule has 0 aliphatic carbocycles. The van der Waals surface area contributed by atoms with Crippen LogP contribution in [0, 0.1) is 6.92 Å². The molecule has 0 aromatic carbocycles. The van der Waals surface area contributed by atoms with Crippen molar-refractivity contribution in [2.24, 2.45) is 0 Å². The zero-order valence-corrected chi connectivity index (χ0v) is 14.4. The van der Waals surface area contributed by atoms with Crippen molar-refractivity contribution in [2.75, 3.05) is 11.9 Å². The lowest BCUT2D eigenvalue weighted by molar-refractivity contribution is -0.137. The molecular weight excluding hydrogens is 383 g/mol. The van der Waals surface area contributed by atoms with E-state index < -0.39 is 29.9 Å².